The van der Waals surface area contributed by atoms with Crippen LogP contribution in [0.1, 0.15) is 73.1 Å². The fourth-order valence-corrected chi connectivity index (χ4v) is 3.58. The van der Waals surface area contributed by atoms with Crippen molar-refractivity contribution in [3.8, 4) is 0 Å². The molecule has 0 spiro atoms. The Bertz CT molecular complexity index is 244. The van der Waals surface area contributed by atoms with Crippen molar-refractivity contribution in [2.45, 2.75) is 97.4 Å². The van der Waals surface area contributed by atoms with Gasteiger partial charge in [-0.25, -0.2) is 0 Å². The zero-order valence-corrected chi connectivity index (χ0v) is 16.0. The Labute approximate surface area is 128 Å². The van der Waals surface area contributed by atoms with Gasteiger partial charge in [0, 0.05) is 12.7 Å². The molecular formula is C17H38O2Si. The number of aliphatic hydroxyl groups excluding tert-OH is 1. The summed E-state index contributed by atoms with van der Waals surface area (Å²) in [6, 6.07) is 0. The second-order valence-electron chi connectivity index (χ2n) is 8.06. The Hall–Kier alpha value is 0.137. The molecule has 3 heteroatoms. The normalized spacial score (nSPS) is 14.8. The van der Waals surface area contributed by atoms with Crippen molar-refractivity contribution in [1.29, 1.82) is 0 Å². The van der Waals surface area contributed by atoms with Crippen LogP contribution in [0.15, 0.2) is 0 Å². The third kappa shape index (κ3) is 8.43. The molecule has 20 heavy (non-hydrogen) atoms. The molecule has 0 heterocycles. The van der Waals surface area contributed by atoms with E-state index in [2.05, 4.69) is 47.7 Å². The molecule has 0 unspecified atom stereocenters. The molecular weight excluding hydrogens is 264 g/mol. The van der Waals surface area contributed by atoms with Gasteiger partial charge in [-0.3, -0.25) is 0 Å². The highest BCUT2D eigenvalue weighted by Crippen LogP contribution is 2.38. The minimum atomic E-state index is -1.65. The van der Waals surface area contributed by atoms with E-state index in [1.807, 2.05) is 0 Å². The predicted octanol–water partition coefficient (Wildman–Crippen LogP) is 5.37. The van der Waals surface area contributed by atoms with Crippen LogP contribution in [-0.2, 0) is 4.43 Å². The smallest absolute Gasteiger partial charge is 0.192 e. The first-order valence-electron chi connectivity index (χ1n) is 8.39. The van der Waals surface area contributed by atoms with E-state index in [0.717, 1.165) is 12.8 Å². The first-order chi connectivity index (χ1) is 9.10. The van der Waals surface area contributed by atoms with E-state index in [-0.39, 0.29) is 0 Å². The number of hydrogen-bond acceptors (Lipinski definition) is 2. The number of hydrogen-bond donors (Lipinski definition) is 1. The van der Waals surface area contributed by atoms with Crippen LogP contribution in [-0.4, -0.2) is 26.1 Å². The molecule has 0 aromatic carbocycles. The van der Waals surface area contributed by atoms with Gasteiger partial charge >= 0.3 is 0 Å². The monoisotopic (exact) mass is 302 g/mol. The lowest BCUT2D eigenvalue weighted by molar-refractivity contribution is 0.143. The third-order valence-electron chi connectivity index (χ3n) is 4.44. The molecule has 0 amide bonds. The van der Waals surface area contributed by atoms with Gasteiger partial charge in [0.1, 0.15) is 0 Å². The highest BCUT2D eigenvalue weighted by atomic mass is 28.4. The largest absolute Gasteiger partial charge is 0.414 e. The Balaban J connectivity index is 4.35. The summed E-state index contributed by atoms with van der Waals surface area (Å²) in [5.41, 5.74) is 0. The first-order valence-corrected chi connectivity index (χ1v) is 11.3. The number of aliphatic hydroxyl groups is 1. The van der Waals surface area contributed by atoms with Crippen molar-refractivity contribution in [2.24, 2.45) is 5.92 Å². The van der Waals surface area contributed by atoms with Crippen molar-refractivity contribution in [1.82, 2.24) is 0 Å². The van der Waals surface area contributed by atoms with Gasteiger partial charge in [-0.2, -0.15) is 0 Å². The lowest BCUT2D eigenvalue weighted by Gasteiger charge is -2.40. The fourth-order valence-electron chi connectivity index (χ4n) is 2.18. The Kier molecular flexibility index (Phi) is 9.28. The summed E-state index contributed by atoms with van der Waals surface area (Å²) in [4.78, 5) is 0. The molecule has 0 radical (unpaired) electrons. The molecule has 2 nitrogen and oxygen atoms in total. The highest BCUT2D eigenvalue weighted by Gasteiger charge is 2.39. The van der Waals surface area contributed by atoms with Crippen LogP contribution in [0.4, 0.5) is 0 Å². The van der Waals surface area contributed by atoms with Crippen molar-refractivity contribution in [2.75, 3.05) is 6.61 Å². The molecule has 1 atom stereocenters. The average Bonchev–Trinajstić information content (AvgIpc) is 2.25. The Morgan fingerprint density at radius 3 is 2.00 bits per heavy atom. The SMILES string of the molecule is CC(C)C[C@H](CCCCCCO)O[Si](C)(C)C(C)(C)C. The summed E-state index contributed by atoms with van der Waals surface area (Å²) >= 11 is 0. The lowest BCUT2D eigenvalue weighted by atomic mass is 10.0. The van der Waals surface area contributed by atoms with Gasteiger partial charge < -0.3 is 9.53 Å². The summed E-state index contributed by atoms with van der Waals surface area (Å²) in [5.74, 6) is 0.696. The van der Waals surface area contributed by atoms with Gasteiger partial charge in [0.05, 0.1) is 0 Å². The molecule has 0 bridgehead atoms. The van der Waals surface area contributed by atoms with E-state index in [4.69, 9.17) is 9.53 Å². The molecule has 0 aliphatic carbocycles. The maximum absolute atomic E-state index is 8.82. The average molecular weight is 303 g/mol. The van der Waals surface area contributed by atoms with Gasteiger partial charge in [-0.05, 0) is 43.3 Å². The van der Waals surface area contributed by atoms with Gasteiger partial charge in [0.2, 0.25) is 0 Å². The molecule has 0 rings (SSSR count). The zero-order chi connectivity index (χ0) is 15.8. The fraction of sp³-hybridized carbons (Fsp3) is 1.00. The molecule has 0 aromatic rings. The molecule has 0 saturated heterocycles. The Morgan fingerprint density at radius 1 is 1.00 bits per heavy atom. The summed E-state index contributed by atoms with van der Waals surface area (Å²) in [6.45, 7) is 16.5. The van der Waals surface area contributed by atoms with Gasteiger partial charge in [0.15, 0.2) is 8.32 Å². The minimum Gasteiger partial charge on any atom is -0.414 e. The maximum Gasteiger partial charge on any atom is 0.192 e. The molecule has 0 aromatic heterocycles. The van der Waals surface area contributed by atoms with Gasteiger partial charge in [-0.1, -0.05) is 53.9 Å². The molecule has 122 valence electrons. The van der Waals surface area contributed by atoms with Gasteiger partial charge in [-0.15, -0.1) is 0 Å². The molecule has 0 saturated carbocycles. The van der Waals surface area contributed by atoms with Crippen molar-refractivity contribution < 1.29 is 9.53 Å². The van der Waals surface area contributed by atoms with E-state index < -0.39 is 8.32 Å². The molecule has 0 aliphatic rings. The summed E-state index contributed by atoms with van der Waals surface area (Å²) in [5, 5.41) is 9.11. The summed E-state index contributed by atoms with van der Waals surface area (Å²) in [7, 11) is -1.65. The van der Waals surface area contributed by atoms with E-state index in [1.165, 1.54) is 25.7 Å². The first kappa shape index (κ1) is 20.1. The van der Waals surface area contributed by atoms with Crippen molar-refractivity contribution >= 4 is 8.32 Å². The second kappa shape index (κ2) is 9.21. The topological polar surface area (TPSA) is 29.5 Å². The summed E-state index contributed by atoms with van der Waals surface area (Å²) < 4.78 is 6.61. The number of unbranched alkanes of at least 4 members (excludes halogenated alkanes) is 3. The molecule has 0 fully saturated rings. The summed E-state index contributed by atoms with van der Waals surface area (Å²) in [6.07, 6.45) is 7.30. The van der Waals surface area contributed by atoms with Crippen LogP contribution in [0.3, 0.4) is 0 Å². The minimum absolute atomic E-state index is 0.291. The van der Waals surface area contributed by atoms with Crippen LogP contribution < -0.4 is 0 Å². The zero-order valence-electron chi connectivity index (χ0n) is 15.0. The lowest BCUT2D eigenvalue weighted by Crippen LogP contribution is -2.44. The molecule has 1 N–H and O–H groups in total. The maximum atomic E-state index is 8.82. The van der Waals surface area contributed by atoms with Crippen molar-refractivity contribution in [3.63, 3.8) is 0 Å². The van der Waals surface area contributed by atoms with E-state index in [0.29, 0.717) is 23.7 Å². The number of rotatable bonds is 10. The quantitative estimate of drug-likeness (QED) is 0.434. The van der Waals surface area contributed by atoms with Crippen LogP contribution >= 0.6 is 0 Å². The predicted molar refractivity (Wildman–Crippen MR) is 91.7 cm³/mol. The van der Waals surface area contributed by atoms with Gasteiger partial charge in [0.25, 0.3) is 0 Å². The van der Waals surface area contributed by atoms with E-state index in [1.54, 1.807) is 0 Å². The standard InChI is InChI=1S/C17H38O2Si/c1-15(2)14-16(12-10-8-9-11-13-18)19-20(6,7)17(3,4)5/h15-16,18H,8-14H2,1-7H3/t16-/m0/s1. The van der Waals surface area contributed by atoms with Crippen molar-refractivity contribution in [3.05, 3.63) is 0 Å². The highest BCUT2D eigenvalue weighted by molar-refractivity contribution is 6.74. The molecule has 0 aliphatic heterocycles. The van der Waals surface area contributed by atoms with Crippen LogP contribution in [0, 0.1) is 5.92 Å². The Morgan fingerprint density at radius 2 is 1.55 bits per heavy atom. The van der Waals surface area contributed by atoms with E-state index >= 15 is 0 Å². The van der Waals surface area contributed by atoms with Crippen LogP contribution in [0.5, 0.6) is 0 Å². The van der Waals surface area contributed by atoms with Crippen LogP contribution in [0.25, 0.3) is 0 Å². The second-order valence-corrected chi connectivity index (χ2v) is 12.8. The third-order valence-corrected chi connectivity index (χ3v) is 8.97. The van der Waals surface area contributed by atoms with Crippen LogP contribution in [0.2, 0.25) is 18.1 Å². The van der Waals surface area contributed by atoms with E-state index in [9.17, 15) is 0 Å².